The van der Waals surface area contributed by atoms with Gasteiger partial charge < -0.3 is 10.6 Å². The van der Waals surface area contributed by atoms with Gasteiger partial charge in [-0.2, -0.15) is 13.2 Å². The van der Waals surface area contributed by atoms with Gasteiger partial charge in [0.05, 0.1) is 5.92 Å². The second-order valence-electron chi connectivity index (χ2n) is 5.42. The number of hydrogen-bond acceptors (Lipinski definition) is 2. The molecule has 21 heavy (non-hydrogen) atoms. The van der Waals surface area contributed by atoms with E-state index in [2.05, 4.69) is 0 Å². The van der Waals surface area contributed by atoms with Crippen molar-refractivity contribution in [1.82, 2.24) is 4.90 Å². The summed E-state index contributed by atoms with van der Waals surface area (Å²) >= 11 is 0. The molecule has 1 aliphatic heterocycles. The summed E-state index contributed by atoms with van der Waals surface area (Å²) in [7, 11) is 0. The third-order valence-corrected chi connectivity index (χ3v) is 3.90. The molecule has 1 saturated heterocycles. The Hall–Kier alpha value is -1.72. The monoisotopic (exact) mass is 300 g/mol. The van der Waals surface area contributed by atoms with E-state index in [0.29, 0.717) is 25.1 Å². The van der Waals surface area contributed by atoms with Gasteiger partial charge in [0, 0.05) is 25.2 Å². The maximum absolute atomic E-state index is 12.7. The molecular weight excluding hydrogens is 281 g/mol. The number of halogens is 3. The molecule has 0 spiro atoms. The van der Waals surface area contributed by atoms with Crippen LogP contribution in [0.5, 0.6) is 0 Å². The number of para-hydroxylation sites is 1. The van der Waals surface area contributed by atoms with E-state index in [1.165, 1.54) is 4.90 Å². The number of likely N-dealkylation sites (tertiary alicyclic amines) is 1. The number of nitrogens with zero attached hydrogens (tertiary/aromatic N) is 1. The summed E-state index contributed by atoms with van der Waals surface area (Å²) in [5.74, 6) is -1.62. The van der Waals surface area contributed by atoms with Crippen LogP contribution in [-0.2, 0) is 11.2 Å². The Labute approximate surface area is 121 Å². The van der Waals surface area contributed by atoms with E-state index >= 15 is 0 Å². The molecule has 0 aromatic heterocycles. The van der Waals surface area contributed by atoms with Gasteiger partial charge in [0.1, 0.15) is 0 Å². The maximum Gasteiger partial charge on any atom is 0.393 e. The molecule has 1 aromatic carbocycles. The Morgan fingerprint density at radius 2 is 2.05 bits per heavy atom. The van der Waals surface area contributed by atoms with Crippen LogP contribution in [0.3, 0.4) is 0 Å². The second-order valence-corrected chi connectivity index (χ2v) is 5.42. The zero-order valence-corrected chi connectivity index (χ0v) is 11.7. The molecule has 6 heteroatoms. The van der Waals surface area contributed by atoms with Gasteiger partial charge in [-0.3, -0.25) is 4.79 Å². The standard InChI is InChI=1S/C15H19F3N2O/c16-15(17,18)12-5-3-9-20(10-12)14(21)8-7-11-4-1-2-6-13(11)19/h1-2,4,6,12H,3,5,7-10,19H2. The van der Waals surface area contributed by atoms with Crippen LogP contribution in [0.2, 0.25) is 0 Å². The first-order valence-electron chi connectivity index (χ1n) is 7.06. The van der Waals surface area contributed by atoms with Crippen LogP contribution in [0.4, 0.5) is 18.9 Å². The fourth-order valence-electron chi connectivity index (χ4n) is 2.63. The van der Waals surface area contributed by atoms with Gasteiger partial charge in [0.25, 0.3) is 0 Å². The smallest absolute Gasteiger partial charge is 0.393 e. The first-order chi connectivity index (χ1) is 9.88. The Morgan fingerprint density at radius 3 is 2.71 bits per heavy atom. The highest BCUT2D eigenvalue weighted by molar-refractivity contribution is 5.76. The number of amides is 1. The van der Waals surface area contributed by atoms with Crippen LogP contribution in [0.1, 0.15) is 24.8 Å². The molecule has 0 bridgehead atoms. The normalized spacial score (nSPS) is 19.6. The van der Waals surface area contributed by atoms with E-state index in [0.717, 1.165) is 5.56 Å². The molecule has 1 unspecified atom stereocenters. The summed E-state index contributed by atoms with van der Waals surface area (Å²) in [6.45, 7) is 0.197. The zero-order chi connectivity index (χ0) is 15.5. The van der Waals surface area contributed by atoms with E-state index in [9.17, 15) is 18.0 Å². The maximum atomic E-state index is 12.7. The molecule has 116 valence electrons. The number of piperidine rings is 1. The molecule has 1 aromatic rings. The van der Waals surface area contributed by atoms with Crippen molar-refractivity contribution in [2.24, 2.45) is 5.92 Å². The number of alkyl halides is 3. The minimum Gasteiger partial charge on any atom is -0.399 e. The van der Waals surface area contributed by atoms with Gasteiger partial charge in [-0.05, 0) is 30.9 Å². The minimum absolute atomic E-state index is 0.110. The Morgan fingerprint density at radius 1 is 1.33 bits per heavy atom. The number of hydrogen-bond donors (Lipinski definition) is 1. The van der Waals surface area contributed by atoms with Crippen LogP contribution in [0.15, 0.2) is 24.3 Å². The number of nitrogen functional groups attached to an aromatic ring is 1. The van der Waals surface area contributed by atoms with Gasteiger partial charge in [-0.1, -0.05) is 18.2 Å². The van der Waals surface area contributed by atoms with Crippen LogP contribution in [0, 0.1) is 5.92 Å². The van der Waals surface area contributed by atoms with E-state index in [1.807, 2.05) is 12.1 Å². The van der Waals surface area contributed by atoms with Gasteiger partial charge in [0.2, 0.25) is 5.91 Å². The van der Waals surface area contributed by atoms with Crippen molar-refractivity contribution in [2.75, 3.05) is 18.8 Å². The molecule has 0 saturated carbocycles. The molecule has 1 amide bonds. The molecular formula is C15H19F3N2O. The topological polar surface area (TPSA) is 46.3 Å². The molecule has 1 aliphatic rings. The number of carbonyl (C=O) groups excluding carboxylic acids is 1. The van der Waals surface area contributed by atoms with Crippen LogP contribution in [0.25, 0.3) is 0 Å². The molecule has 0 radical (unpaired) electrons. The molecule has 1 fully saturated rings. The average molecular weight is 300 g/mol. The molecule has 2 N–H and O–H groups in total. The average Bonchev–Trinajstić information content (AvgIpc) is 2.45. The van der Waals surface area contributed by atoms with Gasteiger partial charge in [-0.25, -0.2) is 0 Å². The van der Waals surface area contributed by atoms with Crippen molar-refractivity contribution in [1.29, 1.82) is 0 Å². The minimum atomic E-state index is -4.22. The fraction of sp³-hybridized carbons (Fsp3) is 0.533. The van der Waals surface area contributed by atoms with Crippen LogP contribution >= 0.6 is 0 Å². The summed E-state index contributed by atoms with van der Waals surface area (Å²) in [6, 6.07) is 7.22. The SMILES string of the molecule is Nc1ccccc1CCC(=O)N1CCCC(C(F)(F)F)C1. The Balaban J connectivity index is 1.90. The van der Waals surface area contributed by atoms with Crippen molar-refractivity contribution in [3.8, 4) is 0 Å². The molecule has 1 atom stereocenters. The fourth-order valence-corrected chi connectivity index (χ4v) is 2.63. The van der Waals surface area contributed by atoms with Gasteiger partial charge in [0.15, 0.2) is 0 Å². The van der Waals surface area contributed by atoms with E-state index < -0.39 is 12.1 Å². The number of anilines is 1. The third kappa shape index (κ3) is 4.12. The van der Waals surface area contributed by atoms with Gasteiger partial charge in [-0.15, -0.1) is 0 Å². The summed E-state index contributed by atoms with van der Waals surface area (Å²) in [5.41, 5.74) is 7.26. The quantitative estimate of drug-likeness (QED) is 0.872. The van der Waals surface area contributed by atoms with Crippen LogP contribution in [-0.4, -0.2) is 30.1 Å². The molecule has 2 rings (SSSR count). The summed E-state index contributed by atoms with van der Waals surface area (Å²) < 4.78 is 38.2. The highest BCUT2D eigenvalue weighted by atomic mass is 19.4. The summed E-state index contributed by atoms with van der Waals surface area (Å²) in [5, 5.41) is 0. The van der Waals surface area contributed by atoms with Gasteiger partial charge >= 0.3 is 6.18 Å². The number of nitrogens with two attached hydrogens (primary N) is 1. The van der Waals surface area contributed by atoms with Crippen molar-refractivity contribution < 1.29 is 18.0 Å². The van der Waals surface area contributed by atoms with Crippen molar-refractivity contribution in [3.63, 3.8) is 0 Å². The van der Waals surface area contributed by atoms with Crippen LogP contribution < -0.4 is 5.73 Å². The summed E-state index contributed by atoms with van der Waals surface area (Å²) in [6.07, 6.45) is -3.05. The van der Waals surface area contributed by atoms with E-state index in [4.69, 9.17) is 5.73 Å². The molecule has 0 aliphatic carbocycles. The Bertz CT molecular complexity index is 502. The highest BCUT2D eigenvalue weighted by Gasteiger charge is 2.42. The predicted octanol–water partition coefficient (Wildman–Crippen LogP) is 3.00. The number of benzene rings is 1. The van der Waals surface area contributed by atoms with E-state index in [1.54, 1.807) is 12.1 Å². The lowest BCUT2D eigenvalue weighted by Gasteiger charge is -2.33. The predicted molar refractivity (Wildman–Crippen MR) is 74.5 cm³/mol. The number of aryl methyl sites for hydroxylation is 1. The van der Waals surface area contributed by atoms with Crippen molar-refractivity contribution in [3.05, 3.63) is 29.8 Å². The zero-order valence-electron chi connectivity index (χ0n) is 11.7. The lowest BCUT2D eigenvalue weighted by atomic mass is 9.97. The lowest BCUT2D eigenvalue weighted by Crippen LogP contribution is -2.44. The van der Waals surface area contributed by atoms with Crippen molar-refractivity contribution >= 4 is 11.6 Å². The van der Waals surface area contributed by atoms with E-state index in [-0.39, 0.29) is 25.3 Å². The first kappa shape index (κ1) is 15.7. The largest absolute Gasteiger partial charge is 0.399 e. The highest BCUT2D eigenvalue weighted by Crippen LogP contribution is 2.33. The second kappa shape index (κ2) is 6.37. The first-order valence-corrected chi connectivity index (χ1v) is 7.06. The molecule has 1 heterocycles. The lowest BCUT2D eigenvalue weighted by molar-refractivity contribution is -0.188. The number of carbonyl (C=O) groups is 1. The van der Waals surface area contributed by atoms with Crippen molar-refractivity contribution in [2.45, 2.75) is 31.9 Å². The molecule has 3 nitrogen and oxygen atoms in total. The number of rotatable bonds is 3. The third-order valence-electron chi connectivity index (χ3n) is 3.90. The summed E-state index contributed by atoms with van der Waals surface area (Å²) in [4.78, 5) is 13.4. The Kier molecular flexibility index (Phi) is 4.75.